The Bertz CT molecular complexity index is 338. The van der Waals surface area contributed by atoms with Crippen molar-refractivity contribution >= 4 is 17.1 Å². The van der Waals surface area contributed by atoms with Gasteiger partial charge in [-0.05, 0) is 19.8 Å². The van der Waals surface area contributed by atoms with E-state index in [1.54, 1.807) is 11.3 Å². The van der Waals surface area contributed by atoms with Gasteiger partial charge in [0.2, 0.25) is 0 Å². The molecular weight excluding hydrogens is 182 g/mol. The molecule has 0 aliphatic heterocycles. The van der Waals surface area contributed by atoms with Crippen LogP contribution in [0.15, 0.2) is 5.38 Å². The molecule has 3 heteroatoms. The lowest BCUT2D eigenvalue weighted by molar-refractivity contribution is -0.122. The molecule has 13 heavy (non-hydrogen) atoms. The van der Waals surface area contributed by atoms with Gasteiger partial charge < -0.3 is 0 Å². The van der Waals surface area contributed by atoms with Crippen molar-refractivity contribution in [2.24, 2.45) is 5.41 Å². The van der Waals surface area contributed by atoms with Crippen LogP contribution in [0.5, 0.6) is 0 Å². The lowest BCUT2D eigenvalue weighted by atomic mass is 10.0. The molecule has 0 amide bonds. The summed E-state index contributed by atoms with van der Waals surface area (Å²) in [4.78, 5) is 16.0. The fraction of sp³-hybridized carbons (Fsp3) is 0.600. The number of nitrogens with zero attached hydrogens (tertiary/aromatic N) is 1. The maximum Gasteiger partial charge on any atom is 0.144 e. The van der Waals surface area contributed by atoms with E-state index >= 15 is 0 Å². The van der Waals surface area contributed by atoms with Crippen LogP contribution in [0.1, 0.15) is 30.5 Å². The van der Waals surface area contributed by atoms with Gasteiger partial charge in [-0.15, -0.1) is 11.3 Å². The number of aryl methyl sites for hydroxylation is 1. The predicted octanol–water partition coefficient (Wildman–Crippen LogP) is 2.36. The average Bonchev–Trinajstić information content (AvgIpc) is 2.69. The van der Waals surface area contributed by atoms with Crippen LogP contribution < -0.4 is 0 Å². The molecular formula is C10H13NOS. The average molecular weight is 195 g/mol. The Morgan fingerprint density at radius 2 is 2.38 bits per heavy atom. The second-order valence-corrected chi connectivity index (χ2v) is 5.08. The highest BCUT2D eigenvalue weighted by molar-refractivity contribution is 7.09. The molecule has 0 bridgehead atoms. The van der Waals surface area contributed by atoms with Crippen LogP contribution in [0.4, 0.5) is 0 Å². The molecule has 1 aromatic heterocycles. The van der Waals surface area contributed by atoms with Gasteiger partial charge >= 0.3 is 0 Å². The molecule has 1 aliphatic carbocycles. The highest BCUT2D eigenvalue weighted by atomic mass is 32.1. The van der Waals surface area contributed by atoms with Gasteiger partial charge in [-0.1, -0.05) is 6.92 Å². The number of rotatable bonds is 3. The predicted molar refractivity (Wildman–Crippen MR) is 52.9 cm³/mol. The number of ketones is 1. The summed E-state index contributed by atoms with van der Waals surface area (Å²) in [5.74, 6) is 0.359. The van der Waals surface area contributed by atoms with Crippen LogP contribution in [-0.2, 0) is 11.2 Å². The van der Waals surface area contributed by atoms with Gasteiger partial charge in [0.05, 0.1) is 17.1 Å². The zero-order chi connectivity index (χ0) is 9.47. The van der Waals surface area contributed by atoms with Crippen molar-refractivity contribution < 1.29 is 4.79 Å². The van der Waals surface area contributed by atoms with Gasteiger partial charge in [-0.2, -0.15) is 0 Å². The van der Waals surface area contributed by atoms with Crippen LogP contribution >= 0.6 is 11.3 Å². The number of Topliss-reactive ketones (excluding diaryl/α,β-unsaturated/α-hetero) is 1. The molecule has 2 rings (SSSR count). The maximum absolute atomic E-state index is 11.7. The molecule has 1 heterocycles. The summed E-state index contributed by atoms with van der Waals surface area (Å²) in [7, 11) is 0. The molecule has 0 N–H and O–H groups in total. The van der Waals surface area contributed by atoms with Gasteiger partial charge in [0.1, 0.15) is 5.78 Å². The van der Waals surface area contributed by atoms with E-state index in [0.717, 1.165) is 23.5 Å². The minimum atomic E-state index is -0.00246. The largest absolute Gasteiger partial charge is 0.299 e. The topological polar surface area (TPSA) is 30.0 Å². The first kappa shape index (κ1) is 8.88. The zero-order valence-corrected chi connectivity index (χ0v) is 8.78. The number of hydrogen-bond acceptors (Lipinski definition) is 3. The molecule has 70 valence electrons. The Hall–Kier alpha value is -0.700. The number of aromatic nitrogens is 1. The van der Waals surface area contributed by atoms with E-state index in [2.05, 4.69) is 11.9 Å². The fourth-order valence-corrected chi connectivity index (χ4v) is 1.95. The van der Waals surface area contributed by atoms with Crippen LogP contribution in [0.3, 0.4) is 0 Å². The van der Waals surface area contributed by atoms with Gasteiger partial charge in [-0.3, -0.25) is 4.79 Å². The monoisotopic (exact) mass is 195 g/mol. The molecule has 0 aromatic carbocycles. The van der Waals surface area contributed by atoms with E-state index in [0.29, 0.717) is 12.2 Å². The smallest absolute Gasteiger partial charge is 0.144 e. The third kappa shape index (κ3) is 1.80. The van der Waals surface area contributed by atoms with Crippen molar-refractivity contribution in [3.8, 4) is 0 Å². The summed E-state index contributed by atoms with van der Waals surface area (Å²) in [6.07, 6.45) is 2.66. The quantitative estimate of drug-likeness (QED) is 0.741. The molecule has 1 saturated carbocycles. The summed E-state index contributed by atoms with van der Waals surface area (Å²) in [5.41, 5.74) is 0.943. The Morgan fingerprint density at radius 3 is 2.85 bits per heavy atom. The van der Waals surface area contributed by atoms with E-state index in [1.165, 1.54) is 0 Å². The Labute approximate surface area is 82.0 Å². The molecule has 1 fully saturated rings. The molecule has 0 radical (unpaired) electrons. The number of carbonyl (C=O) groups excluding carboxylic acids is 1. The minimum absolute atomic E-state index is 0.00246. The molecule has 0 spiro atoms. The van der Waals surface area contributed by atoms with Gasteiger partial charge in [0, 0.05) is 10.8 Å². The van der Waals surface area contributed by atoms with Crippen molar-refractivity contribution in [3.63, 3.8) is 0 Å². The first-order chi connectivity index (χ1) is 6.10. The highest BCUT2D eigenvalue weighted by Gasteiger charge is 2.44. The Morgan fingerprint density at radius 1 is 1.69 bits per heavy atom. The molecule has 2 nitrogen and oxygen atoms in total. The van der Waals surface area contributed by atoms with Crippen LogP contribution in [-0.4, -0.2) is 10.8 Å². The van der Waals surface area contributed by atoms with Gasteiger partial charge in [-0.25, -0.2) is 4.98 Å². The summed E-state index contributed by atoms with van der Waals surface area (Å²) < 4.78 is 0. The molecule has 0 saturated heterocycles. The first-order valence-electron chi connectivity index (χ1n) is 4.54. The first-order valence-corrected chi connectivity index (χ1v) is 5.42. The molecule has 0 unspecified atom stereocenters. The number of hydrogen-bond donors (Lipinski definition) is 0. The minimum Gasteiger partial charge on any atom is -0.299 e. The highest BCUT2D eigenvalue weighted by Crippen LogP contribution is 2.46. The van der Waals surface area contributed by atoms with E-state index in [4.69, 9.17) is 0 Å². The third-order valence-electron chi connectivity index (χ3n) is 2.68. The lowest BCUT2D eigenvalue weighted by Crippen LogP contribution is -2.14. The number of carbonyl (C=O) groups is 1. The van der Waals surface area contributed by atoms with E-state index < -0.39 is 0 Å². The van der Waals surface area contributed by atoms with Crippen LogP contribution in [0, 0.1) is 12.3 Å². The number of thiazole rings is 1. The van der Waals surface area contributed by atoms with Gasteiger partial charge in [0.25, 0.3) is 0 Å². The Balaban J connectivity index is 2.02. The molecule has 1 aromatic rings. The Kier molecular flexibility index (Phi) is 1.99. The van der Waals surface area contributed by atoms with Crippen molar-refractivity contribution in [2.75, 3.05) is 0 Å². The third-order valence-corrected chi connectivity index (χ3v) is 3.50. The fourth-order valence-electron chi connectivity index (χ4n) is 1.33. The lowest BCUT2D eigenvalue weighted by Gasteiger charge is -2.03. The molecule has 0 atom stereocenters. The summed E-state index contributed by atoms with van der Waals surface area (Å²) in [6, 6.07) is 0. The SMILES string of the molecule is Cc1nc(CC(=O)C2(C)CC2)cs1. The van der Waals surface area contributed by atoms with Crippen molar-refractivity contribution in [1.29, 1.82) is 0 Å². The van der Waals surface area contributed by atoms with E-state index in [-0.39, 0.29) is 5.41 Å². The van der Waals surface area contributed by atoms with Crippen LogP contribution in [0.25, 0.3) is 0 Å². The van der Waals surface area contributed by atoms with E-state index in [9.17, 15) is 4.79 Å². The van der Waals surface area contributed by atoms with Gasteiger partial charge in [0.15, 0.2) is 0 Å². The standard InChI is InChI=1S/C10H13NOS/c1-7-11-8(6-13-7)5-9(12)10(2)3-4-10/h6H,3-5H2,1-2H3. The van der Waals surface area contributed by atoms with Crippen molar-refractivity contribution in [2.45, 2.75) is 33.1 Å². The maximum atomic E-state index is 11.7. The molecule has 1 aliphatic rings. The summed E-state index contributed by atoms with van der Waals surface area (Å²) in [5, 5.41) is 3.03. The van der Waals surface area contributed by atoms with E-state index in [1.807, 2.05) is 12.3 Å². The van der Waals surface area contributed by atoms with Crippen LogP contribution in [0.2, 0.25) is 0 Å². The van der Waals surface area contributed by atoms with Crippen molar-refractivity contribution in [3.05, 3.63) is 16.1 Å². The summed E-state index contributed by atoms with van der Waals surface area (Å²) >= 11 is 1.61. The summed E-state index contributed by atoms with van der Waals surface area (Å²) in [6.45, 7) is 4.02. The normalized spacial score (nSPS) is 18.6. The van der Waals surface area contributed by atoms with Crippen molar-refractivity contribution in [1.82, 2.24) is 4.98 Å². The zero-order valence-electron chi connectivity index (χ0n) is 7.96. The second-order valence-electron chi connectivity index (χ2n) is 4.02. The second kappa shape index (κ2) is 2.91.